The van der Waals surface area contributed by atoms with Gasteiger partial charge in [0.2, 0.25) is 0 Å². The number of nitrogens with zero attached hydrogens (tertiary/aromatic N) is 2. The Balaban J connectivity index is 1.71. The van der Waals surface area contributed by atoms with E-state index in [-0.39, 0.29) is 5.91 Å². The van der Waals surface area contributed by atoms with Crippen molar-refractivity contribution in [3.8, 4) is 5.69 Å². The highest BCUT2D eigenvalue weighted by Crippen LogP contribution is 2.29. The summed E-state index contributed by atoms with van der Waals surface area (Å²) in [6.07, 6.45) is 3.52. The lowest BCUT2D eigenvalue weighted by atomic mass is 10.1. The molecule has 6 heteroatoms. The number of hydrogen-bond acceptors (Lipinski definition) is 3. The van der Waals surface area contributed by atoms with Crippen molar-refractivity contribution in [2.75, 3.05) is 5.32 Å². The van der Waals surface area contributed by atoms with Crippen LogP contribution in [-0.4, -0.2) is 15.7 Å². The summed E-state index contributed by atoms with van der Waals surface area (Å²) in [5, 5.41) is 8.07. The number of para-hydroxylation sites is 2. The number of halogens is 1. The highest BCUT2D eigenvalue weighted by Gasteiger charge is 2.19. The minimum absolute atomic E-state index is 0.288. The number of hydrogen-bond donors (Lipinski definition) is 1. The smallest absolute Gasteiger partial charge is 0.291 e. The van der Waals surface area contributed by atoms with Crippen LogP contribution in [0.15, 0.2) is 69.8 Å². The summed E-state index contributed by atoms with van der Waals surface area (Å²) in [6, 6.07) is 15.0. The molecule has 1 amide bonds. The van der Waals surface area contributed by atoms with Crippen molar-refractivity contribution >= 4 is 38.5 Å². The fraction of sp³-hybridized carbons (Fsp3) is 0.0526. The van der Waals surface area contributed by atoms with E-state index in [1.54, 1.807) is 10.9 Å². The number of aromatic nitrogens is 2. The molecule has 0 spiro atoms. The number of benzene rings is 2. The third kappa shape index (κ3) is 2.85. The van der Waals surface area contributed by atoms with Gasteiger partial charge in [-0.25, -0.2) is 4.68 Å². The minimum Gasteiger partial charge on any atom is -0.451 e. The van der Waals surface area contributed by atoms with Crippen LogP contribution in [0.2, 0.25) is 0 Å². The van der Waals surface area contributed by atoms with Crippen LogP contribution < -0.4 is 5.32 Å². The van der Waals surface area contributed by atoms with Crippen molar-refractivity contribution in [2.24, 2.45) is 0 Å². The average Bonchev–Trinajstić information content (AvgIpc) is 3.24. The normalized spacial score (nSPS) is 11.0. The predicted molar refractivity (Wildman–Crippen MR) is 100 cm³/mol. The van der Waals surface area contributed by atoms with Crippen LogP contribution in [0.1, 0.15) is 16.1 Å². The van der Waals surface area contributed by atoms with E-state index in [9.17, 15) is 4.79 Å². The zero-order chi connectivity index (χ0) is 17.4. The molecular weight excluding hydrogens is 382 g/mol. The molecule has 0 radical (unpaired) electrons. The standard InChI is InChI=1S/C19H14BrN3O2/c1-12-14-11-13(20)7-8-17(14)25-18(12)19(24)22-15-5-2-3-6-16(15)23-10-4-9-21-23/h2-11H,1H3,(H,22,24). The third-order valence-corrected chi connectivity index (χ3v) is 4.50. The first-order valence-corrected chi connectivity index (χ1v) is 8.52. The molecule has 5 nitrogen and oxygen atoms in total. The van der Waals surface area contributed by atoms with Crippen LogP contribution in [0.4, 0.5) is 5.69 Å². The Bertz CT molecular complexity index is 1070. The molecule has 0 atom stereocenters. The van der Waals surface area contributed by atoms with Gasteiger partial charge in [0.25, 0.3) is 5.91 Å². The van der Waals surface area contributed by atoms with Crippen LogP contribution in [0.5, 0.6) is 0 Å². The fourth-order valence-corrected chi connectivity index (χ4v) is 3.14. The van der Waals surface area contributed by atoms with E-state index in [0.717, 1.165) is 21.1 Å². The highest BCUT2D eigenvalue weighted by atomic mass is 79.9. The van der Waals surface area contributed by atoms with Crippen LogP contribution in [0.25, 0.3) is 16.7 Å². The molecule has 0 saturated heterocycles. The topological polar surface area (TPSA) is 60.1 Å². The molecule has 0 bridgehead atoms. The van der Waals surface area contributed by atoms with Crippen LogP contribution in [-0.2, 0) is 0 Å². The molecule has 0 fully saturated rings. The number of anilines is 1. The second-order valence-electron chi connectivity index (χ2n) is 5.62. The third-order valence-electron chi connectivity index (χ3n) is 4.01. The molecular formula is C19H14BrN3O2. The first-order valence-electron chi connectivity index (χ1n) is 7.72. The minimum atomic E-state index is -0.288. The number of carbonyl (C=O) groups is 1. The van der Waals surface area contributed by atoms with Crippen molar-refractivity contribution in [3.63, 3.8) is 0 Å². The molecule has 0 aliphatic carbocycles. The fourth-order valence-electron chi connectivity index (χ4n) is 2.78. The number of carbonyl (C=O) groups excluding carboxylic acids is 1. The number of aryl methyl sites for hydroxylation is 1. The Morgan fingerprint density at radius 1 is 1.20 bits per heavy atom. The van der Waals surface area contributed by atoms with E-state index in [2.05, 4.69) is 26.3 Å². The summed E-state index contributed by atoms with van der Waals surface area (Å²) in [6.45, 7) is 1.88. The van der Waals surface area contributed by atoms with E-state index >= 15 is 0 Å². The first kappa shape index (κ1) is 15.7. The second-order valence-corrected chi connectivity index (χ2v) is 6.53. The van der Waals surface area contributed by atoms with Gasteiger partial charge in [-0.15, -0.1) is 0 Å². The van der Waals surface area contributed by atoms with Gasteiger partial charge in [-0.2, -0.15) is 5.10 Å². The number of fused-ring (bicyclic) bond motifs is 1. The van der Waals surface area contributed by atoms with Gasteiger partial charge in [0.1, 0.15) is 5.58 Å². The Kier molecular flexibility index (Phi) is 3.89. The summed E-state index contributed by atoms with van der Waals surface area (Å²) < 4.78 is 8.41. The zero-order valence-corrected chi connectivity index (χ0v) is 14.9. The lowest BCUT2D eigenvalue weighted by Crippen LogP contribution is -2.14. The van der Waals surface area contributed by atoms with E-state index in [0.29, 0.717) is 17.0 Å². The zero-order valence-electron chi connectivity index (χ0n) is 13.4. The van der Waals surface area contributed by atoms with Gasteiger partial charge in [0, 0.05) is 27.8 Å². The van der Waals surface area contributed by atoms with Crippen molar-refractivity contribution in [1.82, 2.24) is 9.78 Å². The van der Waals surface area contributed by atoms with E-state index in [4.69, 9.17) is 4.42 Å². The van der Waals surface area contributed by atoms with Crippen molar-refractivity contribution in [3.05, 3.63) is 76.7 Å². The van der Waals surface area contributed by atoms with Crippen LogP contribution in [0, 0.1) is 6.92 Å². The summed E-state index contributed by atoms with van der Waals surface area (Å²) in [5.74, 6) is 0.0211. The first-order chi connectivity index (χ1) is 12.1. The van der Waals surface area contributed by atoms with Crippen LogP contribution >= 0.6 is 15.9 Å². The molecule has 0 saturated carbocycles. The molecule has 1 N–H and O–H groups in total. The number of nitrogens with one attached hydrogen (secondary N) is 1. The lowest BCUT2D eigenvalue weighted by molar-refractivity contribution is 0.0998. The molecule has 124 valence electrons. The van der Waals surface area contributed by atoms with Gasteiger partial charge in [0.15, 0.2) is 5.76 Å². The van der Waals surface area contributed by atoms with E-state index < -0.39 is 0 Å². The number of amides is 1. The van der Waals surface area contributed by atoms with Gasteiger partial charge in [0.05, 0.1) is 11.4 Å². The molecule has 2 heterocycles. The Morgan fingerprint density at radius 2 is 2.04 bits per heavy atom. The summed E-state index contributed by atoms with van der Waals surface area (Å²) >= 11 is 3.45. The molecule has 0 aliphatic rings. The maximum absolute atomic E-state index is 12.8. The lowest BCUT2D eigenvalue weighted by Gasteiger charge is -2.10. The summed E-state index contributed by atoms with van der Waals surface area (Å²) in [5.41, 5.74) is 2.95. The summed E-state index contributed by atoms with van der Waals surface area (Å²) in [7, 11) is 0. The van der Waals surface area contributed by atoms with Crippen molar-refractivity contribution in [2.45, 2.75) is 6.92 Å². The number of rotatable bonds is 3. The van der Waals surface area contributed by atoms with Crippen molar-refractivity contribution in [1.29, 1.82) is 0 Å². The average molecular weight is 396 g/mol. The molecule has 0 unspecified atom stereocenters. The Morgan fingerprint density at radius 3 is 2.84 bits per heavy atom. The van der Waals surface area contributed by atoms with Gasteiger partial charge in [-0.1, -0.05) is 28.1 Å². The van der Waals surface area contributed by atoms with Crippen LogP contribution in [0.3, 0.4) is 0 Å². The molecule has 4 aromatic rings. The largest absolute Gasteiger partial charge is 0.451 e. The summed E-state index contributed by atoms with van der Waals surface area (Å²) in [4.78, 5) is 12.8. The van der Waals surface area contributed by atoms with E-state index in [1.807, 2.05) is 61.7 Å². The molecule has 0 aliphatic heterocycles. The molecule has 2 aromatic heterocycles. The monoisotopic (exact) mass is 395 g/mol. The van der Waals surface area contributed by atoms with Gasteiger partial charge < -0.3 is 9.73 Å². The van der Waals surface area contributed by atoms with Gasteiger partial charge in [-0.3, -0.25) is 4.79 Å². The maximum atomic E-state index is 12.8. The van der Waals surface area contributed by atoms with E-state index in [1.165, 1.54) is 0 Å². The van der Waals surface area contributed by atoms with Crippen molar-refractivity contribution < 1.29 is 9.21 Å². The molecule has 25 heavy (non-hydrogen) atoms. The maximum Gasteiger partial charge on any atom is 0.291 e. The Labute approximate surface area is 152 Å². The quantitative estimate of drug-likeness (QED) is 0.534. The number of furan rings is 1. The molecule has 2 aromatic carbocycles. The second kappa shape index (κ2) is 6.22. The van der Waals surface area contributed by atoms with Gasteiger partial charge in [-0.05, 0) is 43.3 Å². The van der Waals surface area contributed by atoms with Gasteiger partial charge >= 0.3 is 0 Å². The highest BCUT2D eigenvalue weighted by molar-refractivity contribution is 9.10. The molecule has 4 rings (SSSR count). The predicted octanol–water partition coefficient (Wildman–Crippen LogP) is 4.94. The Hall–Kier alpha value is -2.86. The SMILES string of the molecule is Cc1c(C(=O)Nc2ccccc2-n2cccn2)oc2ccc(Br)cc12.